The molecule has 0 amide bonds. The van der Waals surface area contributed by atoms with Crippen molar-refractivity contribution in [3.05, 3.63) is 35.9 Å². The van der Waals surface area contributed by atoms with E-state index in [0.717, 1.165) is 12.8 Å². The Balaban J connectivity index is 1.94. The van der Waals surface area contributed by atoms with Gasteiger partial charge < -0.3 is 10.4 Å². The van der Waals surface area contributed by atoms with E-state index in [4.69, 9.17) is 0 Å². The van der Waals surface area contributed by atoms with Crippen molar-refractivity contribution < 1.29 is 5.11 Å². The van der Waals surface area contributed by atoms with Gasteiger partial charge in [-0.1, -0.05) is 43.2 Å². The second-order valence-corrected chi connectivity index (χ2v) is 4.76. The molecule has 3 atom stereocenters. The minimum absolute atomic E-state index is 0.167. The van der Waals surface area contributed by atoms with Gasteiger partial charge in [0.25, 0.3) is 0 Å². The Kier molecular flexibility index (Phi) is 3.97. The first-order valence-electron chi connectivity index (χ1n) is 6.26. The summed E-state index contributed by atoms with van der Waals surface area (Å²) in [7, 11) is 0. The number of aliphatic hydroxyl groups is 1. The molecule has 1 fully saturated rings. The third-order valence-corrected chi connectivity index (χ3v) is 3.49. The Hall–Kier alpha value is -0.860. The van der Waals surface area contributed by atoms with Crippen molar-refractivity contribution in [1.82, 2.24) is 5.32 Å². The number of nitrogens with one attached hydrogen (secondary N) is 1. The van der Waals surface area contributed by atoms with Crippen LogP contribution in [0.3, 0.4) is 0 Å². The third-order valence-electron chi connectivity index (χ3n) is 3.49. The van der Waals surface area contributed by atoms with Gasteiger partial charge in [0.05, 0.1) is 6.10 Å². The molecule has 0 spiro atoms. The van der Waals surface area contributed by atoms with E-state index < -0.39 is 0 Å². The molecule has 1 aromatic rings. The Morgan fingerprint density at radius 1 is 1.19 bits per heavy atom. The predicted octanol–water partition coefficient (Wildman–Crippen LogP) is 2.64. The van der Waals surface area contributed by atoms with Gasteiger partial charge in [-0.25, -0.2) is 0 Å². The number of rotatable bonds is 3. The van der Waals surface area contributed by atoms with Gasteiger partial charge in [-0.15, -0.1) is 0 Å². The molecular weight excluding hydrogens is 198 g/mol. The molecule has 1 aliphatic rings. The number of benzene rings is 1. The summed E-state index contributed by atoms with van der Waals surface area (Å²) in [4.78, 5) is 0. The predicted molar refractivity (Wildman–Crippen MR) is 66.3 cm³/mol. The fourth-order valence-corrected chi connectivity index (χ4v) is 2.46. The highest BCUT2D eigenvalue weighted by Crippen LogP contribution is 2.21. The summed E-state index contributed by atoms with van der Waals surface area (Å²) in [6.07, 6.45) is 4.27. The fraction of sp³-hybridized carbons (Fsp3) is 0.571. The van der Waals surface area contributed by atoms with Crippen LogP contribution in [0.2, 0.25) is 0 Å². The number of aliphatic hydroxyl groups excluding tert-OH is 1. The van der Waals surface area contributed by atoms with Crippen LogP contribution in [0.25, 0.3) is 0 Å². The lowest BCUT2D eigenvalue weighted by molar-refractivity contribution is 0.0860. The maximum atomic E-state index is 9.90. The van der Waals surface area contributed by atoms with Gasteiger partial charge >= 0.3 is 0 Å². The van der Waals surface area contributed by atoms with Gasteiger partial charge in [0, 0.05) is 12.1 Å². The largest absolute Gasteiger partial charge is 0.392 e. The van der Waals surface area contributed by atoms with Crippen molar-refractivity contribution in [2.45, 2.75) is 50.8 Å². The average Bonchev–Trinajstić information content (AvgIpc) is 2.33. The zero-order chi connectivity index (χ0) is 11.4. The van der Waals surface area contributed by atoms with Gasteiger partial charge in [0.2, 0.25) is 0 Å². The number of hydrogen-bond donors (Lipinski definition) is 2. The van der Waals surface area contributed by atoms with Crippen LogP contribution in [0.4, 0.5) is 0 Å². The zero-order valence-electron chi connectivity index (χ0n) is 9.89. The van der Waals surface area contributed by atoms with E-state index in [1.165, 1.54) is 18.4 Å². The van der Waals surface area contributed by atoms with E-state index >= 15 is 0 Å². The molecule has 0 radical (unpaired) electrons. The second-order valence-electron chi connectivity index (χ2n) is 4.76. The van der Waals surface area contributed by atoms with Crippen molar-refractivity contribution in [3.8, 4) is 0 Å². The summed E-state index contributed by atoms with van der Waals surface area (Å²) < 4.78 is 0. The molecule has 1 aliphatic carbocycles. The molecule has 2 N–H and O–H groups in total. The van der Waals surface area contributed by atoms with E-state index in [-0.39, 0.29) is 12.1 Å². The lowest BCUT2D eigenvalue weighted by Crippen LogP contribution is -2.43. The molecule has 2 rings (SSSR count). The van der Waals surface area contributed by atoms with E-state index in [1.807, 2.05) is 6.07 Å². The first-order valence-corrected chi connectivity index (χ1v) is 6.26. The first-order chi connectivity index (χ1) is 7.77. The van der Waals surface area contributed by atoms with E-state index in [2.05, 4.69) is 36.5 Å². The highest BCUT2D eigenvalue weighted by Gasteiger charge is 2.24. The maximum Gasteiger partial charge on any atom is 0.0693 e. The van der Waals surface area contributed by atoms with Crippen LogP contribution in [0, 0.1) is 0 Å². The second kappa shape index (κ2) is 5.46. The van der Waals surface area contributed by atoms with Crippen molar-refractivity contribution in [1.29, 1.82) is 0 Å². The van der Waals surface area contributed by atoms with E-state index in [0.29, 0.717) is 6.04 Å². The minimum Gasteiger partial charge on any atom is -0.392 e. The molecule has 1 saturated carbocycles. The van der Waals surface area contributed by atoms with Crippen molar-refractivity contribution in [3.63, 3.8) is 0 Å². The first kappa shape index (κ1) is 11.6. The van der Waals surface area contributed by atoms with Gasteiger partial charge in [-0.05, 0) is 25.3 Å². The van der Waals surface area contributed by atoms with Crippen molar-refractivity contribution >= 4 is 0 Å². The lowest BCUT2D eigenvalue weighted by atomic mass is 9.91. The summed E-state index contributed by atoms with van der Waals surface area (Å²) in [5, 5.41) is 13.4. The normalized spacial score (nSPS) is 27.6. The van der Waals surface area contributed by atoms with E-state index in [1.54, 1.807) is 0 Å². The molecule has 1 aromatic carbocycles. The van der Waals surface area contributed by atoms with Crippen LogP contribution in [-0.2, 0) is 0 Å². The van der Waals surface area contributed by atoms with Gasteiger partial charge in [-0.3, -0.25) is 0 Å². The quantitative estimate of drug-likeness (QED) is 0.819. The van der Waals surface area contributed by atoms with Gasteiger partial charge in [-0.2, -0.15) is 0 Å². The molecule has 2 nitrogen and oxygen atoms in total. The highest BCUT2D eigenvalue weighted by atomic mass is 16.3. The van der Waals surface area contributed by atoms with Crippen molar-refractivity contribution in [2.24, 2.45) is 0 Å². The SMILES string of the molecule is C[C@H](NC1CCCCC1O)c1ccccc1. The van der Waals surface area contributed by atoms with Crippen LogP contribution >= 0.6 is 0 Å². The molecule has 88 valence electrons. The minimum atomic E-state index is -0.167. The Bertz CT molecular complexity index is 312. The summed E-state index contributed by atoms with van der Waals surface area (Å²) >= 11 is 0. The van der Waals surface area contributed by atoms with Gasteiger partial charge in [0.15, 0.2) is 0 Å². The average molecular weight is 219 g/mol. The standard InChI is InChI=1S/C14H21NO/c1-11(12-7-3-2-4-8-12)15-13-9-5-6-10-14(13)16/h2-4,7-8,11,13-16H,5-6,9-10H2,1H3/t11-,13?,14?/m0/s1. The molecule has 0 aromatic heterocycles. The molecule has 0 bridgehead atoms. The molecular formula is C14H21NO. The van der Waals surface area contributed by atoms with Crippen LogP contribution in [0.15, 0.2) is 30.3 Å². The van der Waals surface area contributed by atoms with Crippen LogP contribution in [0.5, 0.6) is 0 Å². The lowest BCUT2D eigenvalue weighted by Gasteiger charge is -2.31. The van der Waals surface area contributed by atoms with Crippen LogP contribution < -0.4 is 5.32 Å². The summed E-state index contributed by atoms with van der Waals surface area (Å²) in [5.41, 5.74) is 1.29. The molecule has 2 heteroatoms. The van der Waals surface area contributed by atoms with Crippen molar-refractivity contribution in [2.75, 3.05) is 0 Å². The maximum absolute atomic E-state index is 9.90. The summed E-state index contributed by atoms with van der Waals surface area (Å²) in [6, 6.07) is 11.0. The highest BCUT2D eigenvalue weighted by molar-refractivity contribution is 5.18. The Morgan fingerprint density at radius 2 is 1.88 bits per heavy atom. The summed E-state index contributed by atoms with van der Waals surface area (Å²) in [5.74, 6) is 0. The van der Waals surface area contributed by atoms with E-state index in [9.17, 15) is 5.11 Å². The molecule has 2 unspecified atom stereocenters. The van der Waals surface area contributed by atoms with Crippen LogP contribution in [0.1, 0.15) is 44.2 Å². The number of hydrogen-bond acceptors (Lipinski definition) is 2. The molecule has 0 aliphatic heterocycles. The zero-order valence-corrected chi connectivity index (χ0v) is 9.89. The summed E-state index contributed by atoms with van der Waals surface area (Å²) in [6.45, 7) is 2.16. The molecule has 0 saturated heterocycles. The smallest absolute Gasteiger partial charge is 0.0693 e. The monoisotopic (exact) mass is 219 g/mol. The fourth-order valence-electron chi connectivity index (χ4n) is 2.46. The molecule has 16 heavy (non-hydrogen) atoms. The third kappa shape index (κ3) is 2.83. The Morgan fingerprint density at radius 3 is 2.56 bits per heavy atom. The van der Waals surface area contributed by atoms with Crippen LogP contribution in [-0.4, -0.2) is 17.3 Å². The van der Waals surface area contributed by atoms with Gasteiger partial charge in [0.1, 0.15) is 0 Å². The Labute approximate surface area is 97.7 Å². The molecule has 0 heterocycles. The topological polar surface area (TPSA) is 32.3 Å².